The maximum atomic E-state index is 13.6. The number of aliphatic imine (C=N–C) groups is 1. The topological polar surface area (TPSA) is 50.7 Å². The number of fused-ring (bicyclic) bond motifs is 1. The molecule has 0 unspecified atom stereocenters. The van der Waals surface area contributed by atoms with Gasteiger partial charge in [0.15, 0.2) is 0 Å². The van der Waals surface area contributed by atoms with E-state index >= 15 is 0 Å². The number of amides is 1. The van der Waals surface area contributed by atoms with Gasteiger partial charge in [-0.15, -0.1) is 11.3 Å². The number of rotatable bonds is 7. The minimum absolute atomic E-state index is 0.129. The highest BCUT2D eigenvalue weighted by atomic mass is 35.5. The van der Waals surface area contributed by atoms with E-state index < -0.39 is 0 Å². The molecule has 1 aliphatic carbocycles. The third-order valence-electron chi connectivity index (χ3n) is 7.24. The number of carbonyl (C=O) groups excluding carboxylic acids is 1. The van der Waals surface area contributed by atoms with Crippen molar-refractivity contribution in [1.82, 2.24) is 0 Å². The van der Waals surface area contributed by atoms with Crippen LogP contribution in [0.4, 0.5) is 10.7 Å². The van der Waals surface area contributed by atoms with Crippen LogP contribution in [0, 0.1) is 11.3 Å². The number of benzene rings is 3. The Morgan fingerprint density at radius 3 is 2.59 bits per heavy atom. The number of thiophene rings is 1. The molecular formula is C33H33ClN2O2S. The van der Waals surface area contributed by atoms with E-state index in [0.717, 1.165) is 46.7 Å². The smallest absolute Gasteiger partial charge is 0.259 e. The van der Waals surface area contributed by atoms with Crippen molar-refractivity contribution in [2.75, 3.05) is 5.32 Å². The lowest BCUT2D eigenvalue weighted by Crippen LogP contribution is -2.27. The fraction of sp³-hybridized carbons (Fsp3) is 0.273. The average molecular weight is 557 g/mol. The van der Waals surface area contributed by atoms with Gasteiger partial charge in [-0.1, -0.05) is 74.8 Å². The molecule has 0 radical (unpaired) electrons. The van der Waals surface area contributed by atoms with Crippen LogP contribution in [0.1, 0.15) is 59.1 Å². The summed E-state index contributed by atoms with van der Waals surface area (Å²) in [6, 6.07) is 25.2. The monoisotopic (exact) mass is 556 g/mol. The van der Waals surface area contributed by atoms with E-state index in [1.165, 1.54) is 4.88 Å². The van der Waals surface area contributed by atoms with Crippen molar-refractivity contribution in [3.05, 3.63) is 111 Å². The van der Waals surface area contributed by atoms with Crippen LogP contribution in [0.25, 0.3) is 0 Å². The van der Waals surface area contributed by atoms with E-state index in [9.17, 15) is 4.79 Å². The van der Waals surface area contributed by atoms with Gasteiger partial charge in [-0.3, -0.25) is 4.79 Å². The fourth-order valence-corrected chi connectivity index (χ4v) is 6.32. The van der Waals surface area contributed by atoms with Crippen LogP contribution in [0.3, 0.4) is 0 Å². The molecule has 200 valence electrons. The summed E-state index contributed by atoms with van der Waals surface area (Å²) in [7, 11) is 0. The summed E-state index contributed by atoms with van der Waals surface area (Å²) in [6.07, 6.45) is 4.75. The molecule has 1 amide bonds. The SMILES string of the molecule is CC(C)(C)[C@H]1CCc2c(sc(N=Cc3cccc(OCc4ccccc4)c3)c2C(=O)Nc2ccc(Cl)cc2)C1. The first-order chi connectivity index (χ1) is 18.8. The second-order valence-corrected chi connectivity index (χ2v) is 12.6. The first-order valence-corrected chi connectivity index (χ1v) is 14.5. The largest absolute Gasteiger partial charge is 0.489 e. The predicted octanol–water partition coefficient (Wildman–Crippen LogP) is 9.13. The van der Waals surface area contributed by atoms with Crippen LogP contribution in [-0.2, 0) is 19.4 Å². The summed E-state index contributed by atoms with van der Waals surface area (Å²) in [5.74, 6) is 1.23. The zero-order valence-corrected chi connectivity index (χ0v) is 24.1. The normalized spacial score (nSPS) is 15.2. The quantitative estimate of drug-likeness (QED) is 0.231. The van der Waals surface area contributed by atoms with Gasteiger partial charge in [0.1, 0.15) is 17.4 Å². The molecule has 0 bridgehead atoms. The van der Waals surface area contributed by atoms with Crippen molar-refractivity contribution in [2.24, 2.45) is 16.3 Å². The Balaban J connectivity index is 1.41. The number of nitrogens with one attached hydrogen (secondary N) is 1. The number of hydrogen-bond donors (Lipinski definition) is 1. The third-order valence-corrected chi connectivity index (χ3v) is 8.65. The molecule has 6 heteroatoms. The number of halogens is 1. The molecule has 0 fully saturated rings. The second kappa shape index (κ2) is 11.8. The number of anilines is 1. The van der Waals surface area contributed by atoms with E-state index in [-0.39, 0.29) is 11.3 Å². The van der Waals surface area contributed by atoms with Gasteiger partial charge >= 0.3 is 0 Å². The number of carbonyl (C=O) groups is 1. The summed E-state index contributed by atoms with van der Waals surface area (Å²) in [6.45, 7) is 7.41. The summed E-state index contributed by atoms with van der Waals surface area (Å²) in [5.41, 5.74) is 4.79. The van der Waals surface area contributed by atoms with Crippen molar-refractivity contribution in [3.8, 4) is 5.75 Å². The number of hydrogen-bond acceptors (Lipinski definition) is 4. The van der Waals surface area contributed by atoms with Gasteiger partial charge in [0, 0.05) is 21.8 Å². The Bertz CT molecular complexity index is 1470. The first kappa shape index (κ1) is 27.2. The van der Waals surface area contributed by atoms with Gasteiger partial charge in [0.05, 0.1) is 5.56 Å². The number of nitrogens with zero attached hydrogens (tertiary/aromatic N) is 1. The van der Waals surface area contributed by atoms with Gasteiger partial charge in [-0.2, -0.15) is 0 Å². The van der Waals surface area contributed by atoms with Crippen molar-refractivity contribution >= 4 is 45.7 Å². The van der Waals surface area contributed by atoms with Crippen LogP contribution in [0.2, 0.25) is 5.02 Å². The lowest BCUT2D eigenvalue weighted by Gasteiger charge is -2.33. The molecule has 0 saturated heterocycles. The fourth-order valence-electron chi connectivity index (χ4n) is 4.92. The van der Waals surface area contributed by atoms with E-state index in [1.54, 1.807) is 23.5 Å². The molecule has 1 heterocycles. The summed E-state index contributed by atoms with van der Waals surface area (Å²) >= 11 is 7.68. The van der Waals surface area contributed by atoms with Crippen molar-refractivity contribution in [2.45, 2.75) is 46.6 Å². The van der Waals surface area contributed by atoms with Crippen molar-refractivity contribution < 1.29 is 9.53 Å². The molecule has 1 aliphatic rings. The van der Waals surface area contributed by atoms with Gasteiger partial charge in [0.2, 0.25) is 0 Å². The molecule has 4 aromatic rings. The minimum Gasteiger partial charge on any atom is -0.489 e. The minimum atomic E-state index is -0.129. The van der Waals surface area contributed by atoms with Gasteiger partial charge in [0.25, 0.3) is 5.91 Å². The molecule has 5 rings (SSSR count). The van der Waals surface area contributed by atoms with Crippen LogP contribution in [0.15, 0.2) is 83.9 Å². The van der Waals surface area contributed by atoms with Crippen LogP contribution < -0.4 is 10.1 Å². The van der Waals surface area contributed by atoms with Gasteiger partial charge in [-0.05, 0) is 83.7 Å². The van der Waals surface area contributed by atoms with Crippen LogP contribution in [0.5, 0.6) is 5.75 Å². The molecule has 0 saturated carbocycles. The molecule has 1 N–H and O–H groups in total. The predicted molar refractivity (Wildman–Crippen MR) is 163 cm³/mol. The Morgan fingerprint density at radius 1 is 1.08 bits per heavy atom. The highest BCUT2D eigenvalue weighted by Crippen LogP contribution is 2.45. The van der Waals surface area contributed by atoms with Gasteiger partial charge < -0.3 is 10.1 Å². The molecule has 1 atom stereocenters. The van der Waals surface area contributed by atoms with E-state index in [4.69, 9.17) is 21.3 Å². The first-order valence-electron chi connectivity index (χ1n) is 13.3. The molecule has 1 aromatic heterocycles. The Labute approximate surface area is 239 Å². The Hall–Kier alpha value is -3.41. The molecule has 39 heavy (non-hydrogen) atoms. The maximum Gasteiger partial charge on any atom is 0.259 e. The van der Waals surface area contributed by atoms with Crippen LogP contribution >= 0.6 is 22.9 Å². The highest BCUT2D eigenvalue weighted by molar-refractivity contribution is 7.16. The van der Waals surface area contributed by atoms with E-state index in [1.807, 2.05) is 72.9 Å². The van der Waals surface area contributed by atoms with Gasteiger partial charge in [-0.25, -0.2) is 4.99 Å². The highest BCUT2D eigenvalue weighted by Gasteiger charge is 2.33. The van der Waals surface area contributed by atoms with Crippen molar-refractivity contribution in [1.29, 1.82) is 0 Å². The summed E-state index contributed by atoms with van der Waals surface area (Å²) < 4.78 is 6.00. The standard InChI is InChI=1S/C33H33ClN2O2S/c1-33(2,3)24-12-17-28-29(19-24)39-32(30(28)31(37)36-26-15-13-25(34)14-16-26)35-20-23-10-7-11-27(18-23)38-21-22-8-5-4-6-9-22/h4-11,13-16,18,20,24H,12,17,19,21H2,1-3H3,(H,36,37)/t24-/m0/s1. The maximum absolute atomic E-state index is 13.6. The summed E-state index contributed by atoms with van der Waals surface area (Å²) in [4.78, 5) is 19.7. The summed E-state index contributed by atoms with van der Waals surface area (Å²) in [5, 5.41) is 4.44. The zero-order valence-electron chi connectivity index (χ0n) is 22.5. The van der Waals surface area contributed by atoms with E-state index in [2.05, 4.69) is 26.1 Å². The lowest BCUT2D eigenvalue weighted by molar-refractivity contribution is 0.102. The van der Waals surface area contributed by atoms with Crippen molar-refractivity contribution in [3.63, 3.8) is 0 Å². The lowest BCUT2D eigenvalue weighted by atomic mass is 9.72. The zero-order chi connectivity index (χ0) is 27.4. The molecule has 3 aromatic carbocycles. The molecule has 0 spiro atoms. The Kier molecular flexibility index (Phi) is 8.20. The Morgan fingerprint density at radius 2 is 1.85 bits per heavy atom. The molecule has 4 nitrogen and oxygen atoms in total. The average Bonchev–Trinajstić information content (AvgIpc) is 3.30. The third kappa shape index (κ3) is 6.78. The molecule has 0 aliphatic heterocycles. The second-order valence-electron chi connectivity index (χ2n) is 11.1. The molecular weight excluding hydrogens is 524 g/mol. The van der Waals surface area contributed by atoms with E-state index in [0.29, 0.717) is 28.8 Å². The number of ether oxygens (including phenoxy) is 1. The van der Waals surface area contributed by atoms with Crippen LogP contribution in [-0.4, -0.2) is 12.1 Å².